The Morgan fingerprint density at radius 1 is 0.568 bits per heavy atom. The number of guanidine groups is 1. The number of carbonyl (C=O) groups excluding carboxylic acids is 3. The summed E-state index contributed by atoms with van der Waals surface area (Å²) in [6.07, 6.45) is 19.1. The smallest absolute Gasteiger partial charge is 0.326 e. The first-order chi connectivity index (χ1) is 21.0. The summed E-state index contributed by atoms with van der Waals surface area (Å²) in [6, 6.07) is -1.87. The number of nitrogens with zero attached hydrogens (tertiary/aromatic N) is 1. The third kappa shape index (κ3) is 26.4. The molecule has 0 rings (SSSR count). The topological polar surface area (TPSA) is 214 Å². The van der Waals surface area contributed by atoms with Crippen molar-refractivity contribution in [3.8, 4) is 0 Å². The fourth-order valence-electron chi connectivity index (χ4n) is 4.98. The second-order valence-corrected chi connectivity index (χ2v) is 11.7. The summed E-state index contributed by atoms with van der Waals surface area (Å²) in [5.41, 5.74) is 10.5. The summed E-state index contributed by atoms with van der Waals surface area (Å²) in [7, 11) is 0. The van der Waals surface area contributed by atoms with Gasteiger partial charge in [0.1, 0.15) is 6.04 Å². The first-order valence-corrected chi connectivity index (χ1v) is 16.6. The average Bonchev–Trinajstić information content (AvgIpc) is 2.95. The molecule has 0 aliphatic carbocycles. The zero-order chi connectivity index (χ0) is 33.0. The van der Waals surface area contributed by atoms with Crippen molar-refractivity contribution in [2.24, 2.45) is 16.5 Å². The number of hydrogen-bond donors (Lipinski definition) is 6. The Morgan fingerprint density at radius 3 is 1.39 bits per heavy atom. The van der Waals surface area contributed by atoms with Crippen LogP contribution in [0, 0.1) is 0 Å². The maximum absolute atomic E-state index is 12.3. The van der Waals surface area contributed by atoms with Gasteiger partial charge in [-0.15, -0.1) is 0 Å². The largest absolute Gasteiger partial charge is 0.481 e. The van der Waals surface area contributed by atoms with Gasteiger partial charge in [-0.25, -0.2) is 4.79 Å². The molecule has 12 nitrogen and oxygen atoms in total. The molecule has 8 N–H and O–H groups in total. The number of unbranched alkanes of at least 4 members (excludes halogenated alkanes) is 15. The Morgan fingerprint density at radius 2 is 0.977 bits per heavy atom. The van der Waals surface area contributed by atoms with Gasteiger partial charge in [0.2, 0.25) is 11.8 Å². The highest BCUT2D eigenvalue weighted by Gasteiger charge is 2.22. The highest BCUT2D eigenvalue weighted by atomic mass is 16.4. The van der Waals surface area contributed by atoms with E-state index in [9.17, 15) is 29.1 Å². The van der Waals surface area contributed by atoms with Crippen molar-refractivity contribution in [1.29, 1.82) is 0 Å². The minimum absolute atomic E-state index is 0.0454. The molecule has 44 heavy (non-hydrogen) atoms. The number of amides is 2. The van der Waals surface area contributed by atoms with Gasteiger partial charge in [-0.05, 0) is 39.0 Å². The molecule has 0 radical (unpaired) electrons. The molecule has 12 heteroatoms. The molecule has 0 spiro atoms. The van der Waals surface area contributed by atoms with Crippen LogP contribution in [0.2, 0.25) is 0 Å². The molecular formula is C32H59N5O7. The number of hydrogen-bond acceptors (Lipinski definition) is 6. The van der Waals surface area contributed by atoms with Gasteiger partial charge in [0.25, 0.3) is 0 Å². The molecule has 0 aliphatic rings. The molecule has 2 unspecified atom stereocenters. The van der Waals surface area contributed by atoms with Crippen LogP contribution in [-0.4, -0.2) is 64.3 Å². The molecule has 0 saturated heterocycles. The Bertz CT molecular complexity index is 862. The van der Waals surface area contributed by atoms with E-state index >= 15 is 0 Å². The summed E-state index contributed by atoms with van der Waals surface area (Å²) in [6.45, 7) is 1.70. The molecule has 0 bridgehead atoms. The van der Waals surface area contributed by atoms with Gasteiger partial charge in [0, 0.05) is 25.8 Å². The molecule has 0 aromatic carbocycles. The quantitative estimate of drug-likeness (QED) is 0.0374. The number of rotatable bonds is 30. The lowest BCUT2D eigenvalue weighted by molar-refractivity contribution is -0.142. The number of carboxylic acid groups (broad SMARTS) is 2. The lowest BCUT2D eigenvalue weighted by atomic mass is 10.0. The van der Waals surface area contributed by atoms with Crippen LogP contribution in [-0.2, 0) is 24.0 Å². The molecule has 2 atom stereocenters. The third-order valence-corrected chi connectivity index (χ3v) is 7.61. The normalized spacial score (nSPS) is 12.2. The lowest BCUT2D eigenvalue weighted by Crippen LogP contribution is -2.43. The molecule has 0 aliphatic heterocycles. The summed E-state index contributed by atoms with van der Waals surface area (Å²) in [4.78, 5) is 62.4. The second-order valence-electron chi connectivity index (χ2n) is 11.7. The molecule has 254 valence electrons. The van der Waals surface area contributed by atoms with E-state index < -0.39 is 29.9 Å². The first-order valence-electron chi connectivity index (χ1n) is 16.6. The Hall–Kier alpha value is -3.18. The average molecular weight is 626 g/mol. The zero-order valence-corrected chi connectivity index (χ0v) is 27.0. The van der Waals surface area contributed by atoms with Crippen LogP contribution in [0.25, 0.3) is 0 Å². The van der Waals surface area contributed by atoms with Crippen molar-refractivity contribution in [1.82, 2.24) is 10.6 Å². The monoisotopic (exact) mass is 625 g/mol. The van der Waals surface area contributed by atoms with E-state index in [4.69, 9.17) is 16.6 Å². The summed E-state index contributed by atoms with van der Waals surface area (Å²) < 4.78 is 0. The van der Waals surface area contributed by atoms with E-state index in [0.29, 0.717) is 25.8 Å². The molecule has 0 aromatic heterocycles. The standard InChI is InChI=1S/C32H59N5O7/c1-25(38)26(19-18-24-35-32(33)34)36-29(40)23-22-27(31(43)44)37-28(39)20-16-14-12-10-8-6-4-2-3-5-7-9-11-13-15-17-21-30(41)42/h26-27H,2-24H2,1H3,(H,36,40)(H,37,39)(H,41,42)(H,43,44)(H4,33,34,35). The molecular weight excluding hydrogens is 566 g/mol. The van der Waals surface area contributed by atoms with Crippen LogP contribution in [0.5, 0.6) is 0 Å². The summed E-state index contributed by atoms with van der Waals surface area (Å²) in [5.74, 6) is -2.95. The molecule has 0 saturated carbocycles. The minimum Gasteiger partial charge on any atom is -0.481 e. The highest BCUT2D eigenvalue weighted by Crippen LogP contribution is 2.14. The highest BCUT2D eigenvalue weighted by molar-refractivity contribution is 5.88. The number of Topliss-reactive ketones (excluding diaryl/α,β-unsaturated/α-hetero) is 1. The van der Waals surface area contributed by atoms with Crippen LogP contribution in [0.15, 0.2) is 4.99 Å². The van der Waals surface area contributed by atoms with Crippen LogP contribution in [0.3, 0.4) is 0 Å². The predicted octanol–water partition coefficient (Wildman–Crippen LogP) is 4.57. The van der Waals surface area contributed by atoms with E-state index in [1.54, 1.807) is 0 Å². The Labute approximate surface area is 263 Å². The van der Waals surface area contributed by atoms with Crippen molar-refractivity contribution in [2.45, 2.75) is 160 Å². The number of ketones is 1. The van der Waals surface area contributed by atoms with Crippen LogP contribution in [0.4, 0.5) is 0 Å². The summed E-state index contributed by atoms with van der Waals surface area (Å²) >= 11 is 0. The SMILES string of the molecule is CC(=O)C(CCCN=C(N)N)NC(=O)CCC(NC(=O)CCCCCCCCCCCCCCCCCCC(=O)O)C(=O)O. The van der Waals surface area contributed by atoms with E-state index in [1.807, 2.05) is 0 Å². The van der Waals surface area contributed by atoms with Crippen molar-refractivity contribution in [3.63, 3.8) is 0 Å². The predicted molar refractivity (Wildman–Crippen MR) is 172 cm³/mol. The van der Waals surface area contributed by atoms with Crippen LogP contribution in [0.1, 0.15) is 148 Å². The van der Waals surface area contributed by atoms with Crippen LogP contribution < -0.4 is 22.1 Å². The summed E-state index contributed by atoms with van der Waals surface area (Å²) in [5, 5.41) is 23.2. The van der Waals surface area contributed by atoms with E-state index in [0.717, 1.165) is 38.5 Å². The number of nitrogens with two attached hydrogens (primary N) is 2. The number of carbonyl (C=O) groups is 5. The van der Waals surface area contributed by atoms with Crippen molar-refractivity contribution in [3.05, 3.63) is 0 Å². The van der Waals surface area contributed by atoms with Crippen molar-refractivity contribution < 1.29 is 34.2 Å². The first kappa shape index (κ1) is 40.8. The Balaban J connectivity index is 3.86. The fourth-order valence-corrected chi connectivity index (χ4v) is 4.98. The maximum atomic E-state index is 12.3. The van der Waals surface area contributed by atoms with Gasteiger partial charge >= 0.3 is 11.9 Å². The second kappa shape index (κ2) is 27.4. The molecule has 0 heterocycles. The van der Waals surface area contributed by atoms with Gasteiger partial charge in [0.15, 0.2) is 11.7 Å². The number of nitrogens with one attached hydrogen (secondary N) is 2. The van der Waals surface area contributed by atoms with Gasteiger partial charge < -0.3 is 32.3 Å². The minimum atomic E-state index is -1.20. The fraction of sp³-hybridized carbons (Fsp3) is 0.812. The molecule has 0 aromatic rings. The molecule has 0 fully saturated rings. The third-order valence-electron chi connectivity index (χ3n) is 7.61. The maximum Gasteiger partial charge on any atom is 0.326 e. The van der Waals surface area contributed by atoms with Crippen molar-refractivity contribution in [2.75, 3.05) is 6.54 Å². The van der Waals surface area contributed by atoms with Gasteiger partial charge in [-0.2, -0.15) is 0 Å². The number of aliphatic imine (C=N–C) groups is 1. The van der Waals surface area contributed by atoms with E-state index in [2.05, 4.69) is 15.6 Å². The lowest BCUT2D eigenvalue weighted by Gasteiger charge is -2.17. The number of carboxylic acids is 2. The van der Waals surface area contributed by atoms with E-state index in [-0.39, 0.29) is 43.3 Å². The van der Waals surface area contributed by atoms with Gasteiger partial charge in [0.05, 0.1) is 6.04 Å². The van der Waals surface area contributed by atoms with Crippen molar-refractivity contribution >= 4 is 35.5 Å². The van der Waals surface area contributed by atoms with E-state index in [1.165, 1.54) is 64.7 Å². The zero-order valence-electron chi connectivity index (χ0n) is 27.0. The van der Waals surface area contributed by atoms with Gasteiger partial charge in [-0.3, -0.25) is 24.2 Å². The molecule has 2 amide bonds. The van der Waals surface area contributed by atoms with Gasteiger partial charge in [-0.1, -0.05) is 89.9 Å². The number of aliphatic carboxylic acids is 2. The Kier molecular flexibility index (Phi) is 25.4. The van der Waals surface area contributed by atoms with Crippen LogP contribution >= 0.6 is 0 Å².